The summed E-state index contributed by atoms with van der Waals surface area (Å²) in [4.78, 5) is 26.3. The van der Waals surface area contributed by atoms with E-state index in [2.05, 4.69) is 12.2 Å². The summed E-state index contributed by atoms with van der Waals surface area (Å²) in [5, 5.41) is 13.1. The van der Waals surface area contributed by atoms with Crippen molar-refractivity contribution < 1.29 is 14.7 Å². The molecule has 0 spiro atoms. The fraction of sp³-hybridized carbons (Fsp3) is 0.556. The Bertz CT molecular complexity index is 611. The normalized spacial score (nSPS) is 26.8. The van der Waals surface area contributed by atoms with Gasteiger partial charge in [-0.2, -0.15) is 11.8 Å². The van der Waals surface area contributed by atoms with E-state index in [0.29, 0.717) is 18.7 Å². The summed E-state index contributed by atoms with van der Waals surface area (Å²) in [5.41, 5.74) is 1.28. The maximum Gasteiger partial charge on any atom is 0.227 e. The van der Waals surface area contributed by atoms with Gasteiger partial charge in [0.05, 0.1) is 11.5 Å². The van der Waals surface area contributed by atoms with E-state index in [4.69, 9.17) is 0 Å². The number of hydrogen-bond acceptors (Lipinski definition) is 4. The van der Waals surface area contributed by atoms with Crippen LogP contribution in [0.4, 0.5) is 5.69 Å². The second-order valence-electron chi connectivity index (χ2n) is 6.67. The van der Waals surface area contributed by atoms with E-state index in [-0.39, 0.29) is 30.7 Å². The molecule has 2 atom stereocenters. The van der Waals surface area contributed by atoms with Crippen LogP contribution in [0.5, 0.6) is 0 Å². The molecule has 2 saturated heterocycles. The summed E-state index contributed by atoms with van der Waals surface area (Å²) in [6.45, 7) is 2.77. The van der Waals surface area contributed by atoms with Crippen molar-refractivity contribution in [3.8, 4) is 0 Å². The summed E-state index contributed by atoms with van der Waals surface area (Å²) in [5.74, 6) is 1.08. The van der Waals surface area contributed by atoms with Crippen molar-refractivity contribution in [1.29, 1.82) is 0 Å². The van der Waals surface area contributed by atoms with Crippen molar-refractivity contribution in [3.63, 3.8) is 0 Å². The molecule has 0 radical (unpaired) electrons. The number of amides is 2. The van der Waals surface area contributed by atoms with Gasteiger partial charge in [-0.3, -0.25) is 9.59 Å². The molecule has 2 aliphatic rings. The molecule has 2 amide bonds. The lowest BCUT2D eigenvalue weighted by molar-refractivity contribution is -0.127. The third-order valence-corrected chi connectivity index (χ3v) is 6.06. The van der Waals surface area contributed by atoms with E-state index >= 15 is 0 Å². The number of nitrogens with one attached hydrogen (secondary N) is 1. The van der Waals surface area contributed by atoms with Crippen molar-refractivity contribution in [2.45, 2.75) is 31.8 Å². The lowest BCUT2D eigenvalue weighted by atomic mass is 10.0. The highest BCUT2D eigenvalue weighted by molar-refractivity contribution is 7.99. The molecular weight excluding hydrogens is 324 g/mol. The number of carbonyl (C=O) groups is 2. The zero-order valence-electron chi connectivity index (χ0n) is 14.0. The highest BCUT2D eigenvalue weighted by Crippen LogP contribution is 2.28. The summed E-state index contributed by atoms with van der Waals surface area (Å²) < 4.78 is 0. The third-order valence-electron chi connectivity index (χ3n) is 4.83. The molecule has 0 unspecified atom stereocenters. The zero-order chi connectivity index (χ0) is 17.2. The van der Waals surface area contributed by atoms with Crippen LogP contribution < -0.4 is 10.2 Å². The predicted octanol–water partition coefficient (Wildman–Crippen LogP) is 1.59. The molecule has 3 rings (SSSR count). The lowest BCUT2D eigenvalue weighted by Crippen LogP contribution is -2.45. The Morgan fingerprint density at radius 2 is 2.17 bits per heavy atom. The second kappa shape index (κ2) is 7.15. The topological polar surface area (TPSA) is 69.6 Å². The largest absolute Gasteiger partial charge is 0.387 e. The third kappa shape index (κ3) is 3.75. The Hall–Kier alpha value is -1.53. The number of aryl methyl sites for hydroxylation is 1. The molecule has 2 heterocycles. The van der Waals surface area contributed by atoms with Gasteiger partial charge < -0.3 is 15.3 Å². The van der Waals surface area contributed by atoms with Crippen LogP contribution in [0.15, 0.2) is 24.3 Å². The molecule has 24 heavy (non-hydrogen) atoms. The zero-order valence-corrected chi connectivity index (χ0v) is 14.8. The minimum atomic E-state index is -0.793. The Morgan fingerprint density at radius 1 is 1.42 bits per heavy atom. The monoisotopic (exact) mass is 348 g/mol. The van der Waals surface area contributed by atoms with E-state index in [0.717, 1.165) is 17.9 Å². The number of anilines is 1. The van der Waals surface area contributed by atoms with Crippen LogP contribution in [0.3, 0.4) is 0 Å². The molecule has 6 heteroatoms. The fourth-order valence-corrected chi connectivity index (χ4v) is 4.47. The lowest BCUT2D eigenvalue weighted by Gasteiger charge is -2.22. The van der Waals surface area contributed by atoms with Gasteiger partial charge in [0, 0.05) is 31.0 Å². The minimum absolute atomic E-state index is 0.0190. The van der Waals surface area contributed by atoms with Crippen molar-refractivity contribution >= 4 is 29.3 Å². The first-order chi connectivity index (χ1) is 11.5. The maximum atomic E-state index is 12.4. The van der Waals surface area contributed by atoms with Gasteiger partial charge in [-0.05, 0) is 36.3 Å². The molecule has 0 aromatic heterocycles. The first-order valence-electron chi connectivity index (χ1n) is 8.48. The summed E-state index contributed by atoms with van der Waals surface area (Å²) in [7, 11) is 0. The number of hydrogen-bond donors (Lipinski definition) is 2. The average molecular weight is 348 g/mol. The number of aliphatic hydroxyl groups is 1. The van der Waals surface area contributed by atoms with Crippen molar-refractivity contribution in [1.82, 2.24) is 5.32 Å². The number of carbonyl (C=O) groups excluding carboxylic acids is 2. The van der Waals surface area contributed by atoms with Crippen LogP contribution in [-0.4, -0.2) is 47.1 Å². The van der Waals surface area contributed by atoms with Crippen molar-refractivity contribution in [2.24, 2.45) is 5.92 Å². The molecule has 2 fully saturated rings. The van der Waals surface area contributed by atoms with Crippen LogP contribution in [-0.2, 0) is 16.0 Å². The Balaban J connectivity index is 1.58. The Labute approximate surface area is 146 Å². The van der Waals surface area contributed by atoms with E-state index in [1.165, 1.54) is 5.56 Å². The smallest absolute Gasteiger partial charge is 0.227 e. The van der Waals surface area contributed by atoms with Gasteiger partial charge in [0.15, 0.2) is 0 Å². The average Bonchev–Trinajstić information content (AvgIpc) is 3.19. The second-order valence-corrected chi connectivity index (χ2v) is 7.78. The first kappa shape index (κ1) is 17.3. The van der Waals surface area contributed by atoms with Gasteiger partial charge in [0.1, 0.15) is 0 Å². The highest BCUT2D eigenvalue weighted by Gasteiger charge is 2.37. The Kier molecular flexibility index (Phi) is 5.15. The number of benzene rings is 1. The van der Waals surface area contributed by atoms with Crippen LogP contribution in [0.1, 0.15) is 25.3 Å². The highest BCUT2D eigenvalue weighted by atomic mass is 32.2. The molecule has 2 N–H and O–H groups in total. The summed E-state index contributed by atoms with van der Waals surface area (Å²) in [6, 6.07) is 7.91. The van der Waals surface area contributed by atoms with Gasteiger partial charge in [-0.15, -0.1) is 0 Å². The summed E-state index contributed by atoms with van der Waals surface area (Å²) >= 11 is 1.70. The van der Waals surface area contributed by atoms with E-state index < -0.39 is 5.60 Å². The van der Waals surface area contributed by atoms with E-state index in [1.54, 1.807) is 16.7 Å². The molecule has 130 valence electrons. The molecule has 1 aromatic rings. The maximum absolute atomic E-state index is 12.4. The molecular formula is C18H24N2O3S. The van der Waals surface area contributed by atoms with Crippen molar-refractivity contribution in [2.75, 3.05) is 29.5 Å². The van der Waals surface area contributed by atoms with Crippen LogP contribution in [0, 0.1) is 5.92 Å². The molecule has 0 aliphatic carbocycles. The van der Waals surface area contributed by atoms with Gasteiger partial charge in [-0.1, -0.05) is 19.1 Å². The number of thioether (sulfide) groups is 1. The number of rotatable bonds is 5. The first-order valence-corrected chi connectivity index (χ1v) is 9.63. The van der Waals surface area contributed by atoms with Gasteiger partial charge >= 0.3 is 0 Å². The SMILES string of the molecule is CCc1ccc(N2C[C@H](C(=O)NC[C@]3(O)CCSC3)CC2=O)cc1. The van der Waals surface area contributed by atoms with Crippen LogP contribution in [0.2, 0.25) is 0 Å². The molecule has 0 bridgehead atoms. The van der Waals surface area contributed by atoms with Crippen molar-refractivity contribution in [3.05, 3.63) is 29.8 Å². The van der Waals surface area contributed by atoms with E-state index in [9.17, 15) is 14.7 Å². The quantitative estimate of drug-likeness (QED) is 0.848. The van der Waals surface area contributed by atoms with Gasteiger partial charge in [0.25, 0.3) is 0 Å². The molecule has 0 saturated carbocycles. The van der Waals surface area contributed by atoms with Gasteiger partial charge in [-0.25, -0.2) is 0 Å². The van der Waals surface area contributed by atoms with Crippen LogP contribution >= 0.6 is 11.8 Å². The standard InChI is InChI=1S/C18H24N2O3S/c1-2-13-3-5-15(6-4-13)20-10-14(9-16(20)21)17(22)19-11-18(23)7-8-24-12-18/h3-6,14,23H,2,7-12H2,1H3,(H,19,22)/t14-,18-/m1/s1. The predicted molar refractivity (Wildman–Crippen MR) is 96.2 cm³/mol. The Morgan fingerprint density at radius 3 is 2.79 bits per heavy atom. The molecule has 1 aromatic carbocycles. The molecule has 2 aliphatic heterocycles. The minimum Gasteiger partial charge on any atom is -0.387 e. The van der Waals surface area contributed by atoms with Crippen LogP contribution in [0.25, 0.3) is 0 Å². The fourth-order valence-electron chi connectivity index (χ4n) is 3.18. The van der Waals surface area contributed by atoms with Gasteiger partial charge in [0.2, 0.25) is 11.8 Å². The van der Waals surface area contributed by atoms with E-state index in [1.807, 2.05) is 24.3 Å². The number of nitrogens with zero attached hydrogens (tertiary/aromatic N) is 1. The molecule has 5 nitrogen and oxygen atoms in total. The summed E-state index contributed by atoms with van der Waals surface area (Å²) in [6.07, 6.45) is 1.90.